The number of nitrogens with one attached hydrogen (secondary N) is 2. The molecule has 1 aromatic carbocycles. The summed E-state index contributed by atoms with van der Waals surface area (Å²) in [5.74, 6) is 0.540. The van der Waals surface area contributed by atoms with Crippen LogP contribution in [-0.4, -0.2) is 24.4 Å². The Bertz CT molecular complexity index is 881. The Hall–Kier alpha value is -2.48. The molecule has 146 valence electrons. The average molecular weight is 391 g/mol. The Kier molecular flexibility index (Phi) is 6.54. The van der Waals surface area contributed by atoms with Gasteiger partial charge in [-0.05, 0) is 29.9 Å². The second-order valence-electron chi connectivity index (χ2n) is 7.07. The van der Waals surface area contributed by atoms with Gasteiger partial charge in [0.1, 0.15) is 5.82 Å². The third kappa shape index (κ3) is 5.75. The normalized spacial score (nSPS) is 11.7. The van der Waals surface area contributed by atoms with Gasteiger partial charge in [-0.15, -0.1) is 0 Å². The van der Waals surface area contributed by atoms with E-state index in [2.05, 4.69) is 20.0 Å². The fourth-order valence-corrected chi connectivity index (χ4v) is 3.72. The van der Waals surface area contributed by atoms with E-state index in [-0.39, 0.29) is 17.6 Å². The van der Waals surface area contributed by atoms with Gasteiger partial charge in [-0.2, -0.15) is 0 Å². The number of nitrogens with zero attached hydrogens (tertiary/aromatic N) is 2. The second-order valence-corrected chi connectivity index (χ2v) is 8.80. The van der Waals surface area contributed by atoms with Crippen molar-refractivity contribution in [1.82, 2.24) is 14.7 Å². The number of hydrogen-bond donors (Lipinski definition) is 2. The largest absolute Gasteiger partial charge is 0.332 e. The van der Waals surface area contributed by atoms with Gasteiger partial charge in [0.2, 0.25) is 10.0 Å². The Morgan fingerprint density at radius 1 is 1.04 bits per heavy atom. The van der Waals surface area contributed by atoms with Crippen LogP contribution in [0.4, 0.5) is 10.5 Å². The number of carbonyl (C=O) groups excluding carboxylic acids is 1. The summed E-state index contributed by atoms with van der Waals surface area (Å²) in [6.07, 6.45) is 2.87. The van der Waals surface area contributed by atoms with Crippen LogP contribution >= 0.6 is 0 Å². The van der Waals surface area contributed by atoms with E-state index in [4.69, 9.17) is 0 Å². The van der Waals surface area contributed by atoms with E-state index in [1.54, 1.807) is 6.92 Å². The number of amides is 2. The summed E-state index contributed by atoms with van der Waals surface area (Å²) >= 11 is 0. The Morgan fingerprint density at radius 2 is 1.56 bits per heavy atom. The lowest BCUT2D eigenvalue weighted by molar-refractivity contribution is 0.256. The van der Waals surface area contributed by atoms with Crippen molar-refractivity contribution in [1.29, 1.82) is 0 Å². The molecule has 0 bridgehead atoms. The molecule has 2 rings (SSSR count). The second kappa shape index (κ2) is 8.47. The number of aromatic nitrogens is 2. The molecule has 0 aliphatic heterocycles. The summed E-state index contributed by atoms with van der Waals surface area (Å²) in [7, 11) is -3.88. The number of hydrogen-bond acceptors (Lipinski definition) is 5. The molecule has 2 amide bonds. The van der Waals surface area contributed by atoms with E-state index in [0.717, 1.165) is 11.1 Å². The SMILES string of the molecule is Cc1ncc(CS(=O)(=O)NC(=O)Nc2c(C(C)C)cccc2C(C)C)cn1. The van der Waals surface area contributed by atoms with Crippen LogP contribution in [0.2, 0.25) is 0 Å². The van der Waals surface area contributed by atoms with Gasteiger partial charge in [-0.1, -0.05) is 45.9 Å². The lowest BCUT2D eigenvalue weighted by Gasteiger charge is -2.20. The van der Waals surface area contributed by atoms with Crippen LogP contribution in [0.3, 0.4) is 0 Å². The van der Waals surface area contributed by atoms with Crippen LogP contribution < -0.4 is 10.0 Å². The molecule has 27 heavy (non-hydrogen) atoms. The predicted molar refractivity (Wildman–Crippen MR) is 106 cm³/mol. The molecule has 0 spiro atoms. The quantitative estimate of drug-likeness (QED) is 0.783. The minimum absolute atomic E-state index is 0.181. The van der Waals surface area contributed by atoms with Gasteiger partial charge >= 0.3 is 6.03 Å². The number of benzene rings is 1. The Morgan fingerprint density at radius 3 is 2.04 bits per heavy atom. The number of rotatable bonds is 6. The smallest absolute Gasteiger partial charge is 0.307 e. The number of anilines is 1. The maximum atomic E-state index is 12.4. The van der Waals surface area contributed by atoms with Crippen LogP contribution in [0.15, 0.2) is 30.6 Å². The van der Waals surface area contributed by atoms with Crippen LogP contribution in [0.5, 0.6) is 0 Å². The van der Waals surface area contributed by atoms with E-state index in [9.17, 15) is 13.2 Å². The zero-order chi connectivity index (χ0) is 20.2. The van der Waals surface area contributed by atoms with Gasteiger partial charge in [0, 0.05) is 23.6 Å². The third-order valence-electron chi connectivity index (χ3n) is 4.05. The fourth-order valence-electron chi connectivity index (χ4n) is 2.73. The van der Waals surface area contributed by atoms with Crippen LogP contribution in [0.25, 0.3) is 0 Å². The standard InChI is InChI=1S/C19H26N4O3S/c1-12(2)16-7-6-8-17(13(3)4)18(16)22-19(24)23-27(25,26)11-15-9-20-14(5)21-10-15/h6-10,12-13H,11H2,1-5H3,(H2,22,23,24). The van der Waals surface area contributed by atoms with Crippen LogP contribution in [0.1, 0.15) is 62.0 Å². The number of aryl methyl sites for hydroxylation is 1. The molecule has 1 heterocycles. The maximum Gasteiger partial charge on any atom is 0.332 e. The van der Waals surface area contributed by atoms with Gasteiger partial charge in [0.15, 0.2) is 0 Å². The minimum Gasteiger partial charge on any atom is -0.307 e. The maximum absolute atomic E-state index is 12.4. The van der Waals surface area contributed by atoms with Crippen molar-refractivity contribution < 1.29 is 13.2 Å². The molecule has 2 N–H and O–H groups in total. The van der Waals surface area contributed by atoms with Crippen molar-refractivity contribution in [3.05, 3.63) is 53.1 Å². The van der Waals surface area contributed by atoms with Crippen molar-refractivity contribution >= 4 is 21.7 Å². The Balaban J connectivity index is 2.18. The summed E-state index contributed by atoms with van der Waals surface area (Å²) in [6.45, 7) is 9.81. The van der Waals surface area contributed by atoms with Gasteiger partial charge in [-0.25, -0.2) is 27.9 Å². The van der Waals surface area contributed by atoms with Crippen LogP contribution in [-0.2, 0) is 15.8 Å². The van der Waals surface area contributed by atoms with Crippen molar-refractivity contribution in [2.24, 2.45) is 0 Å². The van der Waals surface area contributed by atoms with Crippen molar-refractivity contribution in [2.45, 2.75) is 52.2 Å². The number of carbonyl (C=O) groups is 1. The van der Waals surface area contributed by atoms with E-state index < -0.39 is 16.1 Å². The highest BCUT2D eigenvalue weighted by molar-refractivity contribution is 7.89. The van der Waals surface area contributed by atoms with Gasteiger partial charge in [0.25, 0.3) is 0 Å². The summed E-state index contributed by atoms with van der Waals surface area (Å²) in [6, 6.07) is 5.04. The molecule has 0 radical (unpaired) electrons. The van der Waals surface area contributed by atoms with Gasteiger partial charge < -0.3 is 5.32 Å². The lowest BCUT2D eigenvalue weighted by Crippen LogP contribution is -2.35. The highest BCUT2D eigenvalue weighted by Crippen LogP contribution is 2.32. The van der Waals surface area contributed by atoms with Crippen LogP contribution in [0, 0.1) is 6.92 Å². The minimum atomic E-state index is -3.88. The fraction of sp³-hybridized carbons (Fsp3) is 0.421. The molecule has 7 nitrogen and oxygen atoms in total. The monoisotopic (exact) mass is 390 g/mol. The lowest BCUT2D eigenvalue weighted by atomic mass is 9.93. The summed E-state index contributed by atoms with van der Waals surface area (Å²) < 4.78 is 26.7. The van der Waals surface area contributed by atoms with Crippen molar-refractivity contribution in [2.75, 3.05) is 5.32 Å². The molecule has 0 unspecified atom stereocenters. The van der Waals surface area contributed by atoms with Gasteiger partial charge in [-0.3, -0.25) is 0 Å². The average Bonchev–Trinajstić information content (AvgIpc) is 2.55. The summed E-state index contributed by atoms with van der Waals surface area (Å²) in [4.78, 5) is 20.3. The topological polar surface area (TPSA) is 101 Å². The van der Waals surface area contributed by atoms with E-state index in [0.29, 0.717) is 17.1 Å². The first-order valence-electron chi connectivity index (χ1n) is 8.81. The first-order chi connectivity index (χ1) is 12.6. The number of urea groups is 1. The molecule has 0 saturated heterocycles. The number of sulfonamides is 1. The van der Waals surface area contributed by atoms with Crippen molar-refractivity contribution in [3.63, 3.8) is 0 Å². The molecule has 1 aromatic heterocycles. The van der Waals surface area contributed by atoms with E-state index in [1.165, 1.54) is 12.4 Å². The molecule has 0 atom stereocenters. The summed E-state index contributed by atoms with van der Waals surface area (Å²) in [5.41, 5.74) is 2.99. The molecule has 0 aliphatic carbocycles. The number of para-hydroxylation sites is 1. The molecular formula is C19H26N4O3S. The highest BCUT2D eigenvalue weighted by Gasteiger charge is 2.20. The van der Waals surface area contributed by atoms with E-state index in [1.807, 2.05) is 45.9 Å². The summed E-state index contributed by atoms with van der Waals surface area (Å²) in [5, 5.41) is 2.73. The molecule has 0 saturated carbocycles. The molecule has 0 fully saturated rings. The first-order valence-corrected chi connectivity index (χ1v) is 10.5. The zero-order valence-corrected chi connectivity index (χ0v) is 17.1. The zero-order valence-electron chi connectivity index (χ0n) is 16.3. The molecule has 2 aromatic rings. The molecular weight excluding hydrogens is 364 g/mol. The Labute approximate surface area is 160 Å². The highest BCUT2D eigenvalue weighted by atomic mass is 32.2. The molecule has 8 heteroatoms. The third-order valence-corrected chi connectivity index (χ3v) is 5.26. The molecule has 0 aliphatic rings. The van der Waals surface area contributed by atoms with E-state index >= 15 is 0 Å². The first kappa shape index (κ1) is 20.8. The van der Waals surface area contributed by atoms with Gasteiger partial charge in [0.05, 0.1) is 5.75 Å². The predicted octanol–water partition coefficient (Wildman–Crippen LogP) is 3.68. The van der Waals surface area contributed by atoms with Crippen molar-refractivity contribution in [3.8, 4) is 0 Å².